The van der Waals surface area contributed by atoms with Gasteiger partial charge in [0.2, 0.25) is 0 Å². The van der Waals surface area contributed by atoms with Crippen LogP contribution in [0.15, 0.2) is 12.1 Å². The fourth-order valence-electron chi connectivity index (χ4n) is 2.23. The molecule has 1 aliphatic rings. The molecule has 0 spiro atoms. The van der Waals surface area contributed by atoms with Gasteiger partial charge in [0, 0.05) is 13.1 Å². The second kappa shape index (κ2) is 5.73. The Hall–Kier alpha value is -1.08. The van der Waals surface area contributed by atoms with E-state index in [0.717, 1.165) is 12.1 Å². The molecule has 1 aliphatic heterocycles. The normalized spacial score (nSPS) is 23.5. The minimum atomic E-state index is -3.10. The fourth-order valence-corrected chi connectivity index (χ4v) is 3.61. The van der Waals surface area contributed by atoms with Gasteiger partial charge in [-0.3, -0.25) is 4.90 Å². The maximum atomic E-state index is 13.1. The minimum absolute atomic E-state index is 0.0281. The van der Waals surface area contributed by atoms with E-state index >= 15 is 0 Å². The summed E-state index contributed by atoms with van der Waals surface area (Å²) in [6, 6.07) is 1.89. The van der Waals surface area contributed by atoms with Gasteiger partial charge >= 0.3 is 0 Å². The molecule has 1 fully saturated rings. The lowest BCUT2D eigenvalue weighted by atomic mass is 10.2. The van der Waals surface area contributed by atoms with E-state index in [1.54, 1.807) is 6.92 Å². The SMILES string of the molecule is C[C@@H]1CCN(Cc2cc(F)c(F)c(F)c2)CCS1(=O)=O. The number of halogens is 3. The van der Waals surface area contributed by atoms with Gasteiger partial charge in [0.15, 0.2) is 27.3 Å². The quantitative estimate of drug-likeness (QED) is 0.785. The molecule has 1 heterocycles. The van der Waals surface area contributed by atoms with Gasteiger partial charge in [-0.1, -0.05) is 0 Å². The molecule has 0 saturated carbocycles. The molecular formula is C13H16F3NO2S. The zero-order valence-electron chi connectivity index (χ0n) is 11.1. The van der Waals surface area contributed by atoms with Gasteiger partial charge in [-0.2, -0.15) is 0 Å². The van der Waals surface area contributed by atoms with E-state index in [1.165, 1.54) is 0 Å². The summed E-state index contributed by atoms with van der Waals surface area (Å²) in [7, 11) is -3.10. The van der Waals surface area contributed by atoms with Crippen LogP contribution in [0, 0.1) is 17.5 Å². The summed E-state index contributed by atoms with van der Waals surface area (Å²) in [5.74, 6) is -3.91. The van der Waals surface area contributed by atoms with Crippen molar-refractivity contribution in [1.82, 2.24) is 4.90 Å². The minimum Gasteiger partial charge on any atom is -0.298 e. The Morgan fingerprint density at radius 1 is 1.20 bits per heavy atom. The van der Waals surface area contributed by atoms with Crippen LogP contribution in [0.1, 0.15) is 18.9 Å². The first-order chi connectivity index (χ1) is 9.29. The molecule has 2 rings (SSSR count). The third-order valence-corrected chi connectivity index (χ3v) is 5.82. The zero-order chi connectivity index (χ0) is 14.9. The molecule has 1 atom stereocenters. The summed E-state index contributed by atoms with van der Waals surface area (Å²) < 4.78 is 62.6. The van der Waals surface area contributed by atoms with Gasteiger partial charge in [-0.25, -0.2) is 21.6 Å². The van der Waals surface area contributed by atoms with Gasteiger partial charge < -0.3 is 0 Å². The van der Waals surface area contributed by atoms with Gasteiger partial charge in [0.05, 0.1) is 11.0 Å². The van der Waals surface area contributed by atoms with Crippen LogP contribution in [0.3, 0.4) is 0 Å². The van der Waals surface area contributed by atoms with Crippen LogP contribution in [-0.4, -0.2) is 37.4 Å². The maximum absolute atomic E-state index is 13.1. The lowest BCUT2D eigenvalue weighted by Crippen LogP contribution is -2.26. The van der Waals surface area contributed by atoms with Crippen molar-refractivity contribution < 1.29 is 21.6 Å². The van der Waals surface area contributed by atoms with Crippen LogP contribution in [0.5, 0.6) is 0 Å². The molecule has 0 aliphatic carbocycles. The highest BCUT2D eigenvalue weighted by Crippen LogP contribution is 2.18. The number of hydrogen-bond acceptors (Lipinski definition) is 3. The van der Waals surface area contributed by atoms with E-state index in [2.05, 4.69) is 0 Å². The average Bonchev–Trinajstić information content (AvgIpc) is 2.49. The molecular weight excluding hydrogens is 291 g/mol. The lowest BCUT2D eigenvalue weighted by molar-refractivity contribution is 0.282. The molecule has 3 nitrogen and oxygen atoms in total. The predicted molar refractivity (Wildman–Crippen MR) is 69.5 cm³/mol. The fraction of sp³-hybridized carbons (Fsp3) is 0.538. The third-order valence-electron chi connectivity index (χ3n) is 3.61. The molecule has 0 amide bonds. The molecule has 0 radical (unpaired) electrons. The topological polar surface area (TPSA) is 37.4 Å². The van der Waals surface area contributed by atoms with Crippen LogP contribution >= 0.6 is 0 Å². The second-order valence-electron chi connectivity index (χ2n) is 5.12. The summed E-state index contributed by atoms with van der Waals surface area (Å²) in [5.41, 5.74) is 0.299. The van der Waals surface area contributed by atoms with Gasteiger partial charge in [0.1, 0.15) is 0 Å². The Morgan fingerprint density at radius 3 is 2.40 bits per heavy atom. The summed E-state index contributed by atoms with van der Waals surface area (Å²) in [5, 5.41) is -0.408. The van der Waals surface area contributed by atoms with Crippen LogP contribution in [0.2, 0.25) is 0 Å². The highest BCUT2D eigenvalue weighted by atomic mass is 32.2. The van der Waals surface area contributed by atoms with Gasteiger partial charge in [-0.05, 0) is 37.6 Å². The van der Waals surface area contributed by atoms with E-state index in [-0.39, 0.29) is 12.3 Å². The van der Waals surface area contributed by atoms with Crippen LogP contribution < -0.4 is 0 Å². The Morgan fingerprint density at radius 2 is 1.80 bits per heavy atom. The van der Waals surface area contributed by atoms with Gasteiger partial charge in [0.25, 0.3) is 0 Å². The lowest BCUT2D eigenvalue weighted by Gasteiger charge is -2.19. The van der Waals surface area contributed by atoms with E-state index in [0.29, 0.717) is 25.1 Å². The highest BCUT2D eigenvalue weighted by Gasteiger charge is 2.26. The first-order valence-corrected chi connectivity index (χ1v) is 8.08. The number of rotatable bonds is 2. The number of hydrogen-bond donors (Lipinski definition) is 0. The van der Waals surface area contributed by atoms with Crippen molar-refractivity contribution in [2.45, 2.75) is 25.1 Å². The van der Waals surface area contributed by atoms with Crippen molar-refractivity contribution >= 4 is 9.84 Å². The zero-order valence-corrected chi connectivity index (χ0v) is 11.9. The molecule has 20 heavy (non-hydrogen) atoms. The van der Waals surface area contributed by atoms with E-state index in [9.17, 15) is 21.6 Å². The molecule has 1 aromatic rings. The number of nitrogens with zero attached hydrogens (tertiary/aromatic N) is 1. The van der Waals surface area contributed by atoms with E-state index in [1.807, 2.05) is 4.90 Å². The summed E-state index contributed by atoms with van der Waals surface area (Å²) in [6.45, 7) is 2.71. The van der Waals surface area contributed by atoms with E-state index in [4.69, 9.17) is 0 Å². The third kappa shape index (κ3) is 3.32. The smallest absolute Gasteiger partial charge is 0.194 e. The standard InChI is InChI=1S/C13H16F3NO2S/c1-9-2-3-17(4-5-20(9,18)19)8-10-6-11(14)13(16)12(15)7-10/h6-7,9H,2-5,8H2,1H3/t9-/m1/s1. The molecule has 1 aromatic carbocycles. The van der Waals surface area contributed by atoms with Crippen LogP contribution in [0.25, 0.3) is 0 Å². The molecule has 0 bridgehead atoms. The van der Waals surface area contributed by atoms with Crippen molar-refractivity contribution in [1.29, 1.82) is 0 Å². The Balaban J connectivity index is 2.11. The number of benzene rings is 1. The van der Waals surface area contributed by atoms with E-state index < -0.39 is 32.5 Å². The van der Waals surface area contributed by atoms with Crippen molar-refractivity contribution in [2.75, 3.05) is 18.8 Å². The number of sulfone groups is 1. The molecule has 0 N–H and O–H groups in total. The maximum Gasteiger partial charge on any atom is 0.194 e. The molecule has 1 saturated heterocycles. The molecule has 0 aromatic heterocycles. The summed E-state index contributed by atoms with van der Waals surface area (Å²) in [4.78, 5) is 1.81. The van der Waals surface area contributed by atoms with Crippen molar-refractivity contribution in [3.05, 3.63) is 35.1 Å². The molecule has 0 unspecified atom stereocenters. The molecule has 112 valence electrons. The largest absolute Gasteiger partial charge is 0.298 e. The van der Waals surface area contributed by atoms with Crippen molar-refractivity contribution in [3.8, 4) is 0 Å². The van der Waals surface area contributed by atoms with Crippen LogP contribution in [0.4, 0.5) is 13.2 Å². The summed E-state index contributed by atoms with van der Waals surface area (Å²) in [6.07, 6.45) is 0.481. The second-order valence-corrected chi connectivity index (χ2v) is 7.65. The van der Waals surface area contributed by atoms with Gasteiger partial charge in [-0.15, -0.1) is 0 Å². The highest BCUT2D eigenvalue weighted by molar-refractivity contribution is 7.92. The first kappa shape index (κ1) is 15.3. The predicted octanol–water partition coefficient (Wildman–Crippen LogP) is 2.11. The Kier molecular flexibility index (Phi) is 4.39. The average molecular weight is 307 g/mol. The Bertz CT molecular complexity index is 581. The molecule has 7 heteroatoms. The monoisotopic (exact) mass is 307 g/mol. The van der Waals surface area contributed by atoms with Crippen molar-refractivity contribution in [2.24, 2.45) is 0 Å². The van der Waals surface area contributed by atoms with Crippen molar-refractivity contribution in [3.63, 3.8) is 0 Å². The first-order valence-electron chi connectivity index (χ1n) is 6.37. The van der Waals surface area contributed by atoms with Crippen LogP contribution in [-0.2, 0) is 16.4 Å². The Labute approximate surface area is 116 Å². The summed E-state index contributed by atoms with van der Waals surface area (Å²) >= 11 is 0.